The van der Waals surface area contributed by atoms with E-state index in [1.165, 1.54) is 12.8 Å². The zero-order valence-corrected chi connectivity index (χ0v) is 11.8. The van der Waals surface area contributed by atoms with Gasteiger partial charge >= 0.3 is 0 Å². The SMILES string of the molecule is CC(C)C(C)(CN)NC(=O)COCC1CC1.Cl. The maximum Gasteiger partial charge on any atom is 0.246 e. The highest BCUT2D eigenvalue weighted by molar-refractivity contribution is 5.85. The van der Waals surface area contributed by atoms with E-state index in [-0.39, 0.29) is 30.5 Å². The normalized spacial score (nSPS) is 18.4. The first-order valence-electron chi connectivity index (χ1n) is 6.06. The summed E-state index contributed by atoms with van der Waals surface area (Å²) in [7, 11) is 0. The van der Waals surface area contributed by atoms with Crippen molar-refractivity contribution in [3.05, 3.63) is 0 Å². The van der Waals surface area contributed by atoms with E-state index in [2.05, 4.69) is 19.2 Å². The van der Waals surface area contributed by atoms with Crippen molar-refractivity contribution < 1.29 is 9.53 Å². The molecule has 1 atom stereocenters. The summed E-state index contributed by atoms with van der Waals surface area (Å²) in [5, 5.41) is 2.95. The first-order valence-corrected chi connectivity index (χ1v) is 6.06. The molecule has 1 aliphatic rings. The Labute approximate surface area is 110 Å². The van der Waals surface area contributed by atoms with E-state index >= 15 is 0 Å². The number of nitrogens with two attached hydrogens (primary N) is 1. The Balaban J connectivity index is 0.00000256. The third-order valence-electron chi connectivity index (χ3n) is 3.41. The summed E-state index contributed by atoms with van der Waals surface area (Å²) in [6.45, 7) is 7.39. The molecule has 0 aromatic rings. The summed E-state index contributed by atoms with van der Waals surface area (Å²) >= 11 is 0. The number of rotatable bonds is 7. The lowest BCUT2D eigenvalue weighted by molar-refractivity contribution is -0.128. The summed E-state index contributed by atoms with van der Waals surface area (Å²) in [5.41, 5.74) is 5.35. The summed E-state index contributed by atoms with van der Waals surface area (Å²) in [5.74, 6) is 0.936. The second-order valence-electron chi connectivity index (χ2n) is 5.28. The van der Waals surface area contributed by atoms with Gasteiger partial charge in [0.1, 0.15) is 6.61 Å². The number of ether oxygens (including phenoxy) is 1. The van der Waals surface area contributed by atoms with E-state index in [9.17, 15) is 4.79 Å². The molecule has 0 radical (unpaired) electrons. The number of hydrogen-bond donors (Lipinski definition) is 2. The minimum absolute atomic E-state index is 0. The largest absolute Gasteiger partial charge is 0.371 e. The van der Waals surface area contributed by atoms with Crippen molar-refractivity contribution >= 4 is 18.3 Å². The van der Waals surface area contributed by atoms with Crippen LogP contribution in [-0.2, 0) is 9.53 Å². The highest BCUT2D eigenvalue weighted by atomic mass is 35.5. The van der Waals surface area contributed by atoms with Gasteiger partial charge in [0.15, 0.2) is 0 Å². The first kappa shape index (κ1) is 16.7. The molecule has 4 nitrogen and oxygen atoms in total. The average molecular weight is 265 g/mol. The molecule has 1 saturated carbocycles. The van der Waals surface area contributed by atoms with E-state index in [0.29, 0.717) is 25.0 Å². The molecule has 0 aromatic heterocycles. The third-order valence-corrected chi connectivity index (χ3v) is 3.41. The van der Waals surface area contributed by atoms with Gasteiger partial charge < -0.3 is 15.8 Å². The highest BCUT2D eigenvalue weighted by Gasteiger charge is 2.28. The Morgan fingerprint density at radius 1 is 1.53 bits per heavy atom. The van der Waals surface area contributed by atoms with Gasteiger partial charge in [0.05, 0.1) is 12.1 Å². The van der Waals surface area contributed by atoms with Gasteiger partial charge in [-0.25, -0.2) is 0 Å². The van der Waals surface area contributed by atoms with Crippen LogP contribution in [-0.4, -0.2) is 31.2 Å². The molecule has 0 aromatic carbocycles. The smallest absolute Gasteiger partial charge is 0.246 e. The van der Waals surface area contributed by atoms with E-state index < -0.39 is 0 Å². The number of nitrogens with one attached hydrogen (secondary N) is 1. The molecule has 1 rings (SSSR count). The van der Waals surface area contributed by atoms with Crippen molar-refractivity contribution in [3.63, 3.8) is 0 Å². The fourth-order valence-electron chi connectivity index (χ4n) is 1.39. The molecule has 0 spiro atoms. The van der Waals surface area contributed by atoms with Crippen LogP contribution in [0.15, 0.2) is 0 Å². The van der Waals surface area contributed by atoms with Gasteiger partial charge in [0, 0.05) is 6.54 Å². The highest BCUT2D eigenvalue weighted by Crippen LogP contribution is 2.28. The summed E-state index contributed by atoms with van der Waals surface area (Å²) in [4.78, 5) is 11.6. The van der Waals surface area contributed by atoms with Gasteiger partial charge in [-0.15, -0.1) is 12.4 Å². The topological polar surface area (TPSA) is 64.3 Å². The van der Waals surface area contributed by atoms with Crippen molar-refractivity contribution in [1.29, 1.82) is 0 Å². The van der Waals surface area contributed by atoms with E-state index in [0.717, 1.165) is 0 Å². The van der Waals surface area contributed by atoms with E-state index in [1.54, 1.807) is 0 Å². The number of hydrogen-bond acceptors (Lipinski definition) is 3. The maximum absolute atomic E-state index is 11.6. The van der Waals surface area contributed by atoms with Crippen molar-refractivity contribution in [1.82, 2.24) is 5.32 Å². The Morgan fingerprint density at radius 2 is 2.12 bits per heavy atom. The summed E-state index contributed by atoms with van der Waals surface area (Å²) in [6.07, 6.45) is 2.49. The fourth-order valence-corrected chi connectivity index (χ4v) is 1.39. The lowest BCUT2D eigenvalue weighted by Crippen LogP contribution is -2.55. The minimum Gasteiger partial charge on any atom is -0.371 e. The number of halogens is 1. The van der Waals surface area contributed by atoms with Crippen molar-refractivity contribution in [2.24, 2.45) is 17.6 Å². The standard InChI is InChI=1S/C12H24N2O2.ClH/c1-9(2)12(3,8-13)14-11(15)7-16-6-10-4-5-10;/h9-10H,4-8,13H2,1-3H3,(H,14,15);1H. The predicted molar refractivity (Wildman–Crippen MR) is 71.2 cm³/mol. The second-order valence-corrected chi connectivity index (χ2v) is 5.28. The van der Waals surface area contributed by atoms with Gasteiger partial charge in [-0.3, -0.25) is 4.79 Å². The molecule has 0 aliphatic heterocycles. The van der Waals surface area contributed by atoms with Gasteiger partial charge in [0.25, 0.3) is 0 Å². The number of amides is 1. The van der Waals surface area contributed by atoms with Gasteiger partial charge in [-0.05, 0) is 31.6 Å². The zero-order valence-electron chi connectivity index (χ0n) is 11.0. The molecule has 0 bridgehead atoms. The van der Waals surface area contributed by atoms with Crippen LogP contribution in [0.5, 0.6) is 0 Å². The van der Waals surface area contributed by atoms with Gasteiger partial charge in [0.2, 0.25) is 5.91 Å². The van der Waals surface area contributed by atoms with Crippen LogP contribution in [0.3, 0.4) is 0 Å². The molecule has 17 heavy (non-hydrogen) atoms. The van der Waals surface area contributed by atoms with Crippen LogP contribution in [0, 0.1) is 11.8 Å². The van der Waals surface area contributed by atoms with Crippen LogP contribution in [0.25, 0.3) is 0 Å². The van der Waals surface area contributed by atoms with Crippen LogP contribution in [0.4, 0.5) is 0 Å². The molecule has 1 amide bonds. The second kappa shape index (κ2) is 7.19. The molecular weight excluding hydrogens is 240 g/mol. The minimum atomic E-state index is -0.333. The quantitative estimate of drug-likeness (QED) is 0.729. The number of carbonyl (C=O) groups is 1. The Bertz CT molecular complexity index is 245. The molecule has 1 aliphatic carbocycles. The molecule has 3 N–H and O–H groups in total. The van der Waals surface area contributed by atoms with Crippen LogP contribution in [0.2, 0.25) is 0 Å². The summed E-state index contributed by atoms with van der Waals surface area (Å²) in [6, 6.07) is 0. The monoisotopic (exact) mass is 264 g/mol. The molecule has 102 valence electrons. The van der Waals surface area contributed by atoms with Crippen molar-refractivity contribution in [2.45, 2.75) is 39.2 Å². The number of carbonyl (C=O) groups excluding carboxylic acids is 1. The molecule has 1 unspecified atom stereocenters. The molecule has 0 saturated heterocycles. The Kier molecular flexibility index (Phi) is 7.05. The molecule has 0 heterocycles. The van der Waals surface area contributed by atoms with Gasteiger partial charge in [-0.2, -0.15) is 0 Å². The molecule has 1 fully saturated rings. The van der Waals surface area contributed by atoms with Crippen molar-refractivity contribution in [2.75, 3.05) is 19.8 Å². The van der Waals surface area contributed by atoms with E-state index in [1.807, 2.05) is 6.92 Å². The van der Waals surface area contributed by atoms with Crippen LogP contribution < -0.4 is 11.1 Å². The fraction of sp³-hybridized carbons (Fsp3) is 0.917. The lowest BCUT2D eigenvalue weighted by atomic mass is 9.88. The van der Waals surface area contributed by atoms with Gasteiger partial charge in [-0.1, -0.05) is 13.8 Å². The van der Waals surface area contributed by atoms with Crippen LogP contribution >= 0.6 is 12.4 Å². The average Bonchev–Trinajstić information content (AvgIpc) is 3.01. The Hall–Kier alpha value is -0.320. The van der Waals surface area contributed by atoms with Crippen LogP contribution in [0.1, 0.15) is 33.6 Å². The first-order chi connectivity index (χ1) is 7.48. The summed E-state index contributed by atoms with van der Waals surface area (Å²) < 4.78 is 5.34. The Morgan fingerprint density at radius 3 is 2.53 bits per heavy atom. The third kappa shape index (κ3) is 5.70. The lowest BCUT2D eigenvalue weighted by Gasteiger charge is -2.33. The maximum atomic E-state index is 11.6. The van der Waals surface area contributed by atoms with E-state index in [4.69, 9.17) is 10.5 Å². The molecule has 5 heteroatoms. The van der Waals surface area contributed by atoms with Crippen molar-refractivity contribution in [3.8, 4) is 0 Å². The predicted octanol–water partition coefficient (Wildman–Crippen LogP) is 1.32. The zero-order chi connectivity index (χ0) is 12.2. The molecular formula is C12H25ClN2O2.